The van der Waals surface area contributed by atoms with Crippen LogP contribution in [-0.2, 0) is 4.79 Å². The Morgan fingerprint density at radius 2 is 1.85 bits per heavy atom. The average Bonchev–Trinajstić information content (AvgIpc) is 3.09. The summed E-state index contributed by atoms with van der Waals surface area (Å²) in [6.45, 7) is 1.33. The monoisotopic (exact) mass is 372 g/mol. The quantitative estimate of drug-likeness (QED) is 0.593. The Hall–Kier alpha value is -2.34. The fourth-order valence-corrected chi connectivity index (χ4v) is 3.66. The summed E-state index contributed by atoms with van der Waals surface area (Å²) in [5.74, 6) is 0.640. The number of carbonyl (C=O) groups is 2. The normalized spacial score (nSPS) is 13.9. The van der Waals surface area contributed by atoms with E-state index in [2.05, 4.69) is 5.32 Å². The number of nitrogens with zero attached hydrogens (tertiary/aromatic N) is 1. The van der Waals surface area contributed by atoms with Crippen LogP contribution in [-0.4, -0.2) is 30.7 Å². The predicted octanol–water partition coefficient (Wildman–Crippen LogP) is 3.86. The molecule has 0 unspecified atom stereocenters. The van der Waals surface area contributed by atoms with E-state index >= 15 is 0 Å². The number of thioether (sulfide) groups is 1. The molecule has 4 nitrogen and oxygen atoms in total. The van der Waals surface area contributed by atoms with Crippen LogP contribution in [0.2, 0.25) is 0 Å². The minimum atomic E-state index is -0.235. The van der Waals surface area contributed by atoms with E-state index in [9.17, 15) is 14.0 Å². The van der Waals surface area contributed by atoms with Crippen LogP contribution in [0.15, 0.2) is 53.4 Å². The molecule has 1 fully saturated rings. The first-order chi connectivity index (χ1) is 12.6. The van der Waals surface area contributed by atoms with Crippen molar-refractivity contribution >= 4 is 29.3 Å². The molecule has 0 spiro atoms. The summed E-state index contributed by atoms with van der Waals surface area (Å²) in [7, 11) is 0. The molecule has 0 aromatic heterocycles. The van der Waals surface area contributed by atoms with Gasteiger partial charge in [-0.3, -0.25) is 9.59 Å². The third-order valence-corrected chi connectivity index (χ3v) is 5.30. The van der Waals surface area contributed by atoms with Gasteiger partial charge < -0.3 is 10.2 Å². The van der Waals surface area contributed by atoms with Gasteiger partial charge in [-0.25, -0.2) is 4.39 Å². The van der Waals surface area contributed by atoms with Crippen molar-refractivity contribution in [3.8, 4) is 0 Å². The van der Waals surface area contributed by atoms with Gasteiger partial charge in [0, 0.05) is 35.7 Å². The van der Waals surface area contributed by atoms with Crippen LogP contribution in [0, 0.1) is 5.82 Å². The van der Waals surface area contributed by atoms with E-state index < -0.39 is 0 Å². The van der Waals surface area contributed by atoms with E-state index in [1.165, 1.54) is 12.1 Å². The topological polar surface area (TPSA) is 49.4 Å². The average molecular weight is 372 g/mol. The molecule has 0 aliphatic carbocycles. The first kappa shape index (κ1) is 18.5. The van der Waals surface area contributed by atoms with Crippen molar-refractivity contribution < 1.29 is 14.0 Å². The molecule has 136 valence electrons. The summed E-state index contributed by atoms with van der Waals surface area (Å²) < 4.78 is 12.8. The first-order valence-electron chi connectivity index (χ1n) is 8.70. The summed E-state index contributed by atoms with van der Waals surface area (Å²) in [5.41, 5.74) is 1.44. The fourth-order valence-electron chi connectivity index (χ4n) is 2.81. The van der Waals surface area contributed by atoms with Gasteiger partial charge in [-0.2, -0.15) is 0 Å². The molecule has 0 saturated carbocycles. The number of halogens is 1. The van der Waals surface area contributed by atoms with Gasteiger partial charge in [-0.15, -0.1) is 11.8 Å². The highest BCUT2D eigenvalue weighted by atomic mass is 32.2. The summed E-state index contributed by atoms with van der Waals surface area (Å²) >= 11 is 1.64. The van der Waals surface area contributed by atoms with E-state index in [4.69, 9.17) is 0 Å². The minimum absolute atomic E-state index is 0.115. The maximum atomic E-state index is 12.8. The Bertz CT molecular complexity index is 762. The lowest BCUT2D eigenvalue weighted by molar-refractivity contribution is -0.117. The van der Waals surface area contributed by atoms with Crippen LogP contribution >= 0.6 is 11.8 Å². The van der Waals surface area contributed by atoms with Gasteiger partial charge in [0.25, 0.3) is 5.91 Å². The maximum absolute atomic E-state index is 12.8. The first-order valence-corrected chi connectivity index (χ1v) is 9.69. The predicted molar refractivity (Wildman–Crippen MR) is 102 cm³/mol. The summed E-state index contributed by atoms with van der Waals surface area (Å²) in [4.78, 5) is 26.7. The molecule has 2 aromatic rings. The maximum Gasteiger partial charge on any atom is 0.251 e. The molecule has 1 aliphatic heterocycles. The Labute approximate surface area is 156 Å². The number of carbonyl (C=O) groups excluding carboxylic acids is 2. The molecule has 0 radical (unpaired) electrons. The third-order valence-electron chi connectivity index (χ3n) is 4.20. The van der Waals surface area contributed by atoms with Gasteiger partial charge in [-0.1, -0.05) is 0 Å². The molecular formula is C20H21FN2O2S. The Morgan fingerprint density at radius 1 is 1.12 bits per heavy atom. The van der Waals surface area contributed by atoms with E-state index in [0.717, 1.165) is 35.7 Å². The lowest BCUT2D eigenvalue weighted by Gasteiger charge is -2.15. The van der Waals surface area contributed by atoms with Crippen LogP contribution in [0.5, 0.6) is 0 Å². The zero-order valence-electron chi connectivity index (χ0n) is 14.4. The van der Waals surface area contributed by atoms with Crippen LogP contribution in [0.1, 0.15) is 29.6 Å². The van der Waals surface area contributed by atoms with Crippen molar-refractivity contribution in [2.24, 2.45) is 0 Å². The van der Waals surface area contributed by atoms with Crippen LogP contribution in [0.3, 0.4) is 0 Å². The van der Waals surface area contributed by atoms with E-state index in [0.29, 0.717) is 18.5 Å². The van der Waals surface area contributed by atoms with Gasteiger partial charge in [0.1, 0.15) is 5.82 Å². The van der Waals surface area contributed by atoms with E-state index in [1.54, 1.807) is 40.9 Å². The highest BCUT2D eigenvalue weighted by molar-refractivity contribution is 7.99. The van der Waals surface area contributed by atoms with Crippen molar-refractivity contribution in [1.29, 1.82) is 0 Å². The standard InChI is InChI=1S/C20H21FN2O2S/c21-16-6-10-18(11-7-16)26-14-2-12-22-20(25)15-4-8-17(9-5-15)23-13-1-3-19(23)24/h4-11H,1-3,12-14H2,(H,22,25). The van der Waals surface area contributed by atoms with E-state index in [1.807, 2.05) is 12.1 Å². The smallest absolute Gasteiger partial charge is 0.251 e. The zero-order chi connectivity index (χ0) is 18.4. The number of hydrogen-bond donors (Lipinski definition) is 1. The molecule has 2 amide bonds. The molecule has 26 heavy (non-hydrogen) atoms. The fraction of sp³-hybridized carbons (Fsp3) is 0.300. The van der Waals surface area contributed by atoms with Crippen molar-refractivity contribution in [2.45, 2.75) is 24.2 Å². The second-order valence-electron chi connectivity index (χ2n) is 6.11. The summed E-state index contributed by atoms with van der Waals surface area (Å²) in [6, 6.07) is 13.6. The molecule has 1 saturated heterocycles. The number of hydrogen-bond acceptors (Lipinski definition) is 3. The van der Waals surface area contributed by atoms with Crippen LogP contribution in [0.4, 0.5) is 10.1 Å². The lowest BCUT2D eigenvalue weighted by Crippen LogP contribution is -2.25. The molecule has 0 atom stereocenters. The van der Waals surface area contributed by atoms with Crippen LogP contribution < -0.4 is 10.2 Å². The van der Waals surface area contributed by atoms with Crippen molar-refractivity contribution in [3.05, 3.63) is 59.9 Å². The number of benzene rings is 2. The van der Waals surface area contributed by atoms with Gasteiger partial charge in [0.2, 0.25) is 5.91 Å². The minimum Gasteiger partial charge on any atom is -0.352 e. The molecule has 1 aliphatic rings. The Morgan fingerprint density at radius 3 is 2.50 bits per heavy atom. The number of rotatable bonds is 7. The van der Waals surface area contributed by atoms with Gasteiger partial charge in [0.15, 0.2) is 0 Å². The Balaban J connectivity index is 1.40. The SMILES string of the molecule is O=C(NCCCSc1ccc(F)cc1)c1ccc(N2CCCC2=O)cc1. The van der Waals surface area contributed by atoms with Crippen molar-refractivity contribution in [3.63, 3.8) is 0 Å². The molecule has 1 N–H and O–H groups in total. The largest absolute Gasteiger partial charge is 0.352 e. The molecule has 3 rings (SSSR count). The lowest BCUT2D eigenvalue weighted by atomic mass is 10.2. The third kappa shape index (κ3) is 4.85. The molecule has 0 bridgehead atoms. The zero-order valence-corrected chi connectivity index (χ0v) is 15.2. The van der Waals surface area contributed by atoms with Gasteiger partial charge in [0.05, 0.1) is 0 Å². The van der Waals surface area contributed by atoms with Crippen LogP contribution in [0.25, 0.3) is 0 Å². The molecule has 6 heteroatoms. The Kier molecular flexibility index (Phi) is 6.28. The summed E-state index contributed by atoms with van der Waals surface area (Å²) in [6.07, 6.45) is 2.31. The van der Waals surface area contributed by atoms with Crippen molar-refractivity contribution in [2.75, 3.05) is 23.7 Å². The summed E-state index contributed by atoms with van der Waals surface area (Å²) in [5, 5.41) is 2.90. The number of anilines is 1. The van der Waals surface area contributed by atoms with E-state index in [-0.39, 0.29) is 17.6 Å². The number of nitrogens with one attached hydrogen (secondary N) is 1. The molecule has 1 heterocycles. The second kappa shape index (κ2) is 8.85. The highest BCUT2D eigenvalue weighted by Gasteiger charge is 2.21. The van der Waals surface area contributed by atoms with Gasteiger partial charge in [-0.05, 0) is 67.1 Å². The number of amides is 2. The highest BCUT2D eigenvalue weighted by Crippen LogP contribution is 2.21. The molecular weight excluding hydrogens is 351 g/mol. The molecule has 2 aromatic carbocycles. The van der Waals surface area contributed by atoms with Crippen molar-refractivity contribution in [1.82, 2.24) is 5.32 Å². The van der Waals surface area contributed by atoms with Gasteiger partial charge >= 0.3 is 0 Å². The second-order valence-corrected chi connectivity index (χ2v) is 7.28.